The van der Waals surface area contributed by atoms with Gasteiger partial charge in [0, 0.05) is 29.1 Å². The first-order valence-electron chi connectivity index (χ1n) is 7.81. The van der Waals surface area contributed by atoms with Crippen LogP contribution in [0, 0.1) is 0 Å². The van der Waals surface area contributed by atoms with E-state index in [-0.39, 0.29) is 11.3 Å². The van der Waals surface area contributed by atoms with Crippen molar-refractivity contribution in [3.05, 3.63) is 76.5 Å². The van der Waals surface area contributed by atoms with Gasteiger partial charge in [-0.05, 0) is 29.7 Å². The molecule has 4 nitrogen and oxygen atoms in total. The Kier molecular flexibility index (Phi) is 4.57. The van der Waals surface area contributed by atoms with Crippen LogP contribution in [0.5, 0.6) is 0 Å². The highest BCUT2D eigenvalue weighted by atomic mass is 16.1. The Morgan fingerprint density at radius 2 is 1.88 bits per heavy atom. The zero-order valence-electron chi connectivity index (χ0n) is 13.2. The van der Waals surface area contributed by atoms with E-state index in [0.717, 1.165) is 22.3 Å². The second-order valence-corrected chi connectivity index (χ2v) is 5.63. The van der Waals surface area contributed by atoms with Gasteiger partial charge in [0.05, 0.1) is 0 Å². The highest BCUT2D eigenvalue weighted by Crippen LogP contribution is 2.19. The van der Waals surface area contributed by atoms with Crippen molar-refractivity contribution < 1.29 is 4.79 Å². The zero-order chi connectivity index (χ0) is 16.9. The van der Waals surface area contributed by atoms with Crippen LogP contribution in [-0.2, 0) is 4.79 Å². The maximum absolute atomic E-state index is 12.4. The standard InChI is InChI=1S/C20H18N2O2/c21-20(24)9-5-4-6-14-10-11-17-16(12-14)19(23)13-18(22-17)15-7-2-1-3-8-15/h1-4,6-8,10-13H,5,9H2,(H2,21,24)(H,22,23)/b6-4+. The number of primary amides is 1. The molecule has 3 rings (SSSR count). The van der Waals surface area contributed by atoms with Crippen LogP contribution in [0.1, 0.15) is 18.4 Å². The van der Waals surface area contributed by atoms with Crippen LogP contribution in [-0.4, -0.2) is 10.9 Å². The van der Waals surface area contributed by atoms with Crippen LogP contribution in [0.3, 0.4) is 0 Å². The van der Waals surface area contributed by atoms with Gasteiger partial charge in [0.25, 0.3) is 0 Å². The Labute approximate surface area is 139 Å². The van der Waals surface area contributed by atoms with Crippen molar-refractivity contribution in [3.63, 3.8) is 0 Å². The van der Waals surface area contributed by atoms with Crippen molar-refractivity contribution in [3.8, 4) is 11.3 Å². The minimum absolute atomic E-state index is 0.0185. The quantitative estimate of drug-likeness (QED) is 0.755. The predicted octanol–water partition coefficient (Wildman–Crippen LogP) is 3.47. The molecule has 1 heterocycles. The number of aromatic nitrogens is 1. The minimum atomic E-state index is -0.317. The highest BCUT2D eigenvalue weighted by Gasteiger charge is 2.04. The Morgan fingerprint density at radius 3 is 2.62 bits per heavy atom. The largest absolute Gasteiger partial charge is 0.370 e. The summed E-state index contributed by atoms with van der Waals surface area (Å²) in [4.78, 5) is 26.5. The molecule has 0 aliphatic heterocycles. The molecule has 0 atom stereocenters. The molecule has 3 N–H and O–H groups in total. The summed E-state index contributed by atoms with van der Waals surface area (Å²) in [7, 11) is 0. The van der Waals surface area contributed by atoms with Gasteiger partial charge in [-0.15, -0.1) is 0 Å². The van der Waals surface area contributed by atoms with E-state index >= 15 is 0 Å². The van der Waals surface area contributed by atoms with Crippen molar-refractivity contribution in [1.82, 2.24) is 4.98 Å². The van der Waals surface area contributed by atoms with Gasteiger partial charge in [-0.1, -0.05) is 48.6 Å². The van der Waals surface area contributed by atoms with Crippen LogP contribution in [0.4, 0.5) is 0 Å². The molecule has 24 heavy (non-hydrogen) atoms. The summed E-state index contributed by atoms with van der Waals surface area (Å²) in [6.45, 7) is 0. The molecule has 0 bridgehead atoms. The summed E-state index contributed by atoms with van der Waals surface area (Å²) < 4.78 is 0. The highest BCUT2D eigenvalue weighted by molar-refractivity contribution is 5.83. The van der Waals surface area contributed by atoms with Crippen molar-refractivity contribution >= 4 is 22.9 Å². The third-order valence-electron chi connectivity index (χ3n) is 3.81. The van der Waals surface area contributed by atoms with Gasteiger partial charge in [-0.3, -0.25) is 9.59 Å². The van der Waals surface area contributed by atoms with Gasteiger partial charge in [0.2, 0.25) is 5.91 Å². The summed E-state index contributed by atoms with van der Waals surface area (Å²) >= 11 is 0. The Balaban J connectivity index is 1.93. The number of H-pyrrole nitrogens is 1. The van der Waals surface area contributed by atoms with E-state index in [1.54, 1.807) is 6.07 Å². The molecule has 3 aromatic rings. The lowest BCUT2D eigenvalue weighted by molar-refractivity contribution is -0.117. The summed E-state index contributed by atoms with van der Waals surface area (Å²) in [6, 6.07) is 17.1. The van der Waals surface area contributed by atoms with Crippen LogP contribution < -0.4 is 11.2 Å². The Morgan fingerprint density at radius 1 is 1.08 bits per heavy atom. The first-order chi connectivity index (χ1) is 11.6. The number of nitrogens with one attached hydrogen (secondary N) is 1. The van der Waals surface area contributed by atoms with E-state index in [1.807, 2.05) is 60.7 Å². The number of pyridine rings is 1. The second kappa shape index (κ2) is 6.96. The lowest BCUT2D eigenvalue weighted by Crippen LogP contribution is -2.08. The normalized spacial score (nSPS) is 11.2. The Bertz CT molecular complexity index is 956. The summed E-state index contributed by atoms with van der Waals surface area (Å²) in [5.41, 5.74) is 8.60. The van der Waals surface area contributed by atoms with Crippen molar-refractivity contribution in [2.24, 2.45) is 5.73 Å². The number of benzene rings is 2. The molecule has 0 spiro atoms. The maximum Gasteiger partial charge on any atom is 0.217 e. The fourth-order valence-corrected chi connectivity index (χ4v) is 2.59. The molecular weight excluding hydrogens is 300 g/mol. The molecular formula is C20H18N2O2. The molecule has 120 valence electrons. The van der Waals surface area contributed by atoms with Crippen LogP contribution in [0.25, 0.3) is 28.2 Å². The average Bonchev–Trinajstić information content (AvgIpc) is 2.59. The van der Waals surface area contributed by atoms with E-state index < -0.39 is 0 Å². The Hall–Kier alpha value is -3.14. The van der Waals surface area contributed by atoms with E-state index in [1.165, 1.54) is 0 Å². The number of carbonyl (C=O) groups is 1. The molecule has 0 unspecified atom stereocenters. The average molecular weight is 318 g/mol. The number of hydrogen-bond acceptors (Lipinski definition) is 2. The number of carbonyl (C=O) groups excluding carboxylic acids is 1. The van der Waals surface area contributed by atoms with Gasteiger partial charge < -0.3 is 10.7 Å². The number of hydrogen-bond donors (Lipinski definition) is 2. The van der Waals surface area contributed by atoms with E-state index in [0.29, 0.717) is 18.2 Å². The van der Waals surface area contributed by atoms with E-state index in [2.05, 4.69) is 4.98 Å². The molecule has 0 radical (unpaired) electrons. The van der Waals surface area contributed by atoms with Crippen molar-refractivity contribution in [2.45, 2.75) is 12.8 Å². The van der Waals surface area contributed by atoms with Gasteiger partial charge in [-0.25, -0.2) is 0 Å². The molecule has 4 heteroatoms. The molecule has 1 amide bonds. The number of rotatable bonds is 5. The lowest BCUT2D eigenvalue weighted by Gasteiger charge is -2.05. The predicted molar refractivity (Wildman–Crippen MR) is 97.5 cm³/mol. The lowest BCUT2D eigenvalue weighted by atomic mass is 10.1. The number of aromatic amines is 1. The molecule has 1 aromatic heterocycles. The van der Waals surface area contributed by atoms with Crippen LogP contribution in [0.2, 0.25) is 0 Å². The smallest absolute Gasteiger partial charge is 0.217 e. The zero-order valence-corrected chi connectivity index (χ0v) is 13.2. The molecule has 0 aliphatic carbocycles. The number of amides is 1. The van der Waals surface area contributed by atoms with E-state index in [9.17, 15) is 9.59 Å². The minimum Gasteiger partial charge on any atom is -0.370 e. The number of fused-ring (bicyclic) bond motifs is 1. The maximum atomic E-state index is 12.4. The SMILES string of the molecule is NC(=O)CC/C=C/c1ccc2[nH]c(-c3ccccc3)cc(=O)c2c1. The summed E-state index contributed by atoms with van der Waals surface area (Å²) in [6.07, 6.45) is 4.70. The fraction of sp³-hybridized carbons (Fsp3) is 0.100. The number of allylic oxidation sites excluding steroid dienone is 1. The van der Waals surface area contributed by atoms with Gasteiger partial charge in [0.15, 0.2) is 5.43 Å². The van der Waals surface area contributed by atoms with Crippen molar-refractivity contribution in [1.29, 1.82) is 0 Å². The molecule has 0 fully saturated rings. The number of nitrogens with two attached hydrogens (primary N) is 1. The molecule has 0 aliphatic rings. The topological polar surface area (TPSA) is 76.0 Å². The summed E-state index contributed by atoms with van der Waals surface area (Å²) in [5, 5.41) is 0.645. The second-order valence-electron chi connectivity index (χ2n) is 5.63. The monoisotopic (exact) mass is 318 g/mol. The molecule has 0 saturated carbocycles. The summed E-state index contributed by atoms with van der Waals surface area (Å²) in [5.74, 6) is -0.317. The van der Waals surface area contributed by atoms with Crippen LogP contribution in [0.15, 0.2) is 65.5 Å². The van der Waals surface area contributed by atoms with Gasteiger partial charge in [-0.2, -0.15) is 0 Å². The fourth-order valence-electron chi connectivity index (χ4n) is 2.59. The first kappa shape index (κ1) is 15.7. The third kappa shape index (κ3) is 3.60. The van der Waals surface area contributed by atoms with Crippen LogP contribution >= 0.6 is 0 Å². The molecule has 0 saturated heterocycles. The van der Waals surface area contributed by atoms with Gasteiger partial charge >= 0.3 is 0 Å². The van der Waals surface area contributed by atoms with Crippen molar-refractivity contribution in [2.75, 3.05) is 0 Å². The van der Waals surface area contributed by atoms with Gasteiger partial charge in [0.1, 0.15) is 0 Å². The van der Waals surface area contributed by atoms with E-state index in [4.69, 9.17) is 5.73 Å². The third-order valence-corrected chi connectivity index (χ3v) is 3.81. The first-order valence-corrected chi connectivity index (χ1v) is 7.81. The molecule has 2 aromatic carbocycles.